The number of rotatable bonds is 4. The van der Waals surface area contributed by atoms with E-state index in [-0.39, 0.29) is 17.5 Å². The van der Waals surface area contributed by atoms with E-state index >= 15 is 0 Å². The summed E-state index contributed by atoms with van der Waals surface area (Å²) >= 11 is 0. The zero-order valence-electron chi connectivity index (χ0n) is 16.6. The van der Waals surface area contributed by atoms with Crippen LogP contribution in [0.2, 0.25) is 0 Å². The number of amides is 1. The van der Waals surface area contributed by atoms with E-state index in [2.05, 4.69) is 5.32 Å². The van der Waals surface area contributed by atoms with Crippen molar-refractivity contribution in [2.75, 3.05) is 21.9 Å². The van der Waals surface area contributed by atoms with Crippen molar-refractivity contribution < 1.29 is 39.6 Å². The molecule has 0 atom stereocenters. The quantitative estimate of drug-likeness (QED) is 0.621. The zero-order chi connectivity index (χ0) is 23.9. The number of nitrogens with one attached hydrogen (secondary N) is 1. The van der Waals surface area contributed by atoms with E-state index in [4.69, 9.17) is 0 Å². The summed E-state index contributed by atoms with van der Waals surface area (Å²) in [6.07, 6.45) is -9.13. The summed E-state index contributed by atoms with van der Waals surface area (Å²) in [7, 11) is -3.52. The fourth-order valence-corrected chi connectivity index (χ4v) is 4.57. The third kappa shape index (κ3) is 5.00. The number of benzene rings is 2. The van der Waals surface area contributed by atoms with Gasteiger partial charge in [0.1, 0.15) is 0 Å². The van der Waals surface area contributed by atoms with Crippen molar-refractivity contribution in [1.82, 2.24) is 0 Å². The molecule has 1 amide bonds. The van der Waals surface area contributed by atoms with Gasteiger partial charge in [0.25, 0.3) is 5.91 Å². The predicted octanol–water partition coefficient (Wildman–Crippen LogP) is 5.08. The van der Waals surface area contributed by atoms with Crippen LogP contribution in [-0.2, 0) is 28.8 Å². The van der Waals surface area contributed by atoms with Crippen LogP contribution >= 0.6 is 0 Å². The second-order valence-electron chi connectivity index (χ2n) is 7.17. The zero-order valence-corrected chi connectivity index (χ0v) is 17.5. The van der Waals surface area contributed by atoms with E-state index in [1.807, 2.05) is 0 Å². The monoisotopic (exact) mass is 480 g/mol. The topological polar surface area (TPSA) is 66.5 Å². The highest BCUT2D eigenvalue weighted by Crippen LogP contribution is 2.37. The molecule has 0 aliphatic carbocycles. The number of hydrogen-bond donors (Lipinski definition) is 1. The summed E-state index contributed by atoms with van der Waals surface area (Å²) < 4.78 is 104. The van der Waals surface area contributed by atoms with Crippen molar-refractivity contribution in [2.45, 2.75) is 32.1 Å². The molecular formula is C20H18F6N2O3S. The summed E-state index contributed by atoms with van der Waals surface area (Å²) in [6.45, 7) is 1.79. The van der Waals surface area contributed by atoms with E-state index in [9.17, 15) is 39.6 Å². The highest BCUT2D eigenvalue weighted by atomic mass is 32.2. The normalized spacial score (nSPS) is 14.8. The minimum Gasteiger partial charge on any atom is -0.322 e. The number of carbonyl (C=O) groups excluding carboxylic acids is 1. The molecule has 0 unspecified atom stereocenters. The molecule has 2 aromatic rings. The van der Waals surface area contributed by atoms with E-state index in [0.717, 1.165) is 0 Å². The van der Waals surface area contributed by atoms with Crippen LogP contribution in [0.1, 0.15) is 40.4 Å². The number of alkyl halides is 6. The van der Waals surface area contributed by atoms with Gasteiger partial charge in [-0.05, 0) is 61.7 Å². The molecule has 0 radical (unpaired) electrons. The SMILES string of the molecule is CCS(=O)(=O)N1CCCc2cc(NC(=O)c3cc(C(F)(F)F)cc(C(F)(F)F)c3)ccc21. The van der Waals surface area contributed by atoms with Crippen LogP contribution in [0.4, 0.5) is 37.7 Å². The van der Waals surface area contributed by atoms with Crippen molar-refractivity contribution in [3.63, 3.8) is 0 Å². The van der Waals surface area contributed by atoms with E-state index in [1.165, 1.54) is 29.4 Å². The third-order valence-electron chi connectivity index (χ3n) is 4.96. The van der Waals surface area contributed by atoms with Crippen molar-refractivity contribution in [2.24, 2.45) is 0 Å². The Morgan fingerprint density at radius 3 is 2.12 bits per heavy atom. The van der Waals surface area contributed by atoms with Crippen LogP contribution in [0.5, 0.6) is 0 Å². The molecule has 174 valence electrons. The molecule has 5 nitrogen and oxygen atoms in total. The van der Waals surface area contributed by atoms with Crippen LogP contribution in [0, 0.1) is 0 Å². The molecule has 32 heavy (non-hydrogen) atoms. The molecule has 1 aliphatic heterocycles. The largest absolute Gasteiger partial charge is 0.416 e. The Labute approximate surface area is 180 Å². The van der Waals surface area contributed by atoms with E-state index < -0.39 is 45.0 Å². The lowest BCUT2D eigenvalue weighted by Gasteiger charge is -2.30. The Bertz CT molecular complexity index is 1110. The second-order valence-corrected chi connectivity index (χ2v) is 9.35. The van der Waals surface area contributed by atoms with Gasteiger partial charge in [0.2, 0.25) is 10.0 Å². The maximum Gasteiger partial charge on any atom is 0.416 e. The van der Waals surface area contributed by atoms with Gasteiger partial charge in [0, 0.05) is 17.8 Å². The minimum absolute atomic E-state index is 0.0571. The molecule has 0 spiro atoms. The van der Waals surface area contributed by atoms with Crippen LogP contribution in [0.15, 0.2) is 36.4 Å². The molecule has 3 rings (SSSR count). The molecule has 1 N–H and O–H groups in total. The number of carbonyl (C=O) groups is 1. The smallest absolute Gasteiger partial charge is 0.322 e. The Morgan fingerprint density at radius 2 is 1.59 bits per heavy atom. The molecular weight excluding hydrogens is 462 g/mol. The minimum atomic E-state index is -5.07. The Morgan fingerprint density at radius 1 is 1.00 bits per heavy atom. The second kappa shape index (κ2) is 8.30. The first-order chi connectivity index (χ1) is 14.7. The molecule has 1 aliphatic rings. The van der Waals surface area contributed by atoms with Crippen molar-refractivity contribution >= 4 is 27.3 Å². The van der Waals surface area contributed by atoms with E-state index in [1.54, 1.807) is 0 Å². The standard InChI is InChI=1S/C20H18F6N2O3S/c1-2-32(30,31)28-7-3-4-12-10-16(5-6-17(12)28)27-18(29)13-8-14(19(21,22)23)11-15(9-13)20(24,25)26/h5-6,8-11H,2-4,7H2,1H3,(H,27,29). The molecule has 2 aromatic carbocycles. The van der Waals surface area contributed by atoms with Crippen molar-refractivity contribution in [3.8, 4) is 0 Å². The summed E-state index contributed by atoms with van der Waals surface area (Å²) in [5.74, 6) is -1.27. The van der Waals surface area contributed by atoms with Crippen LogP contribution in [0.3, 0.4) is 0 Å². The van der Waals surface area contributed by atoms with Gasteiger partial charge in [-0.15, -0.1) is 0 Å². The number of aryl methyl sites for hydroxylation is 1. The average Bonchev–Trinajstić information content (AvgIpc) is 2.71. The van der Waals surface area contributed by atoms with Gasteiger partial charge in [-0.25, -0.2) is 8.42 Å². The van der Waals surface area contributed by atoms with Gasteiger partial charge in [-0.2, -0.15) is 26.3 Å². The summed E-state index contributed by atoms with van der Waals surface area (Å²) in [4.78, 5) is 12.5. The number of anilines is 2. The molecule has 0 saturated heterocycles. The van der Waals surface area contributed by atoms with E-state index in [0.29, 0.717) is 42.8 Å². The van der Waals surface area contributed by atoms with Gasteiger partial charge in [-0.1, -0.05) is 0 Å². The molecule has 12 heteroatoms. The summed E-state index contributed by atoms with van der Waals surface area (Å²) in [5.41, 5.74) is -2.86. The van der Waals surface area contributed by atoms with Gasteiger partial charge in [0.05, 0.1) is 22.6 Å². The lowest BCUT2D eigenvalue weighted by molar-refractivity contribution is -0.143. The van der Waals surface area contributed by atoms with Crippen molar-refractivity contribution in [3.05, 3.63) is 58.7 Å². The fourth-order valence-electron chi connectivity index (χ4n) is 3.37. The number of hydrogen-bond acceptors (Lipinski definition) is 3. The summed E-state index contributed by atoms with van der Waals surface area (Å²) in [6, 6.07) is 4.89. The molecule has 0 bridgehead atoms. The lowest BCUT2D eigenvalue weighted by Crippen LogP contribution is -2.36. The first kappa shape index (κ1) is 23.9. The van der Waals surface area contributed by atoms with Crippen LogP contribution in [0.25, 0.3) is 0 Å². The first-order valence-electron chi connectivity index (χ1n) is 9.46. The number of nitrogens with zero attached hydrogens (tertiary/aromatic N) is 1. The maximum atomic E-state index is 13.0. The van der Waals surface area contributed by atoms with Crippen LogP contribution < -0.4 is 9.62 Å². The van der Waals surface area contributed by atoms with Gasteiger partial charge < -0.3 is 5.32 Å². The maximum absolute atomic E-state index is 13.0. The number of fused-ring (bicyclic) bond motifs is 1. The Kier molecular flexibility index (Phi) is 6.20. The van der Waals surface area contributed by atoms with Gasteiger partial charge in [-0.3, -0.25) is 9.10 Å². The third-order valence-corrected chi connectivity index (χ3v) is 6.74. The van der Waals surface area contributed by atoms with Crippen LogP contribution in [-0.4, -0.2) is 26.6 Å². The fraction of sp³-hybridized carbons (Fsp3) is 0.350. The van der Waals surface area contributed by atoms with Gasteiger partial charge >= 0.3 is 12.4 Å². The first-order valence-corrected chi connectivity index (χ1v) is 11.1. The number of halogens is 6. The predicted molar refractivity (Wildman–Crippen MR) is 106 cm³/mol. The van der Waals surface area contributed by atoms with Crippen molar-refractivity contribution in [1.29, 1.82) is 0 Å². The highest BCUT2D eigenvalue weighted by Gasteiger charge is 2.37. The molecule has 0 fully saturated rings. The highest BCUT2D eigenvalue weighted by molar-refractivity contribution is 7.92. The molecule has 0 saturated carbocycles. The average molecular weight is 480 g/mol. The Hall–Kier alpha value is -2.76. The Balaban J connectivity index is 1.93. The molecule has 0 aromatic heterocycles. The summed E-state index contributed by atoms with van der Waals surface area (Å²) in [5, 5.41) is 2.29. The molecule has 1 heterocycles. The number of sulfonamides is 1. The lowest BCUT2D eigenvalue weighted by atomic mass is 10.0. The van der Waals surface area contributed by atoms with Gasteiger partial charge in [0.15, 0.2) is 0 Å².